The lowest BCUT2D eigenvalue weighted by Gasteiger charge is -2.38. The molecule has 0 radical (unpaired) electrons. The van der Waals surface area contributed by atoms with Crippen LogP contribution in [0.2, 0.25) is 18.1 Å². The fourth-order valence-electron chi connectivity index (χ4n) is 4.27. The van der Waals surface area contributed by atoms with Crippen molar-refractivity contribution in [3.63, 3.8) is 0 Å². The molecule has 0 aliphatic rings. The van der Waals surface area contributed by atoms with Crippen molar-refractivity contribution in [3.8, 4) is 0 Å². The summed E-state index contributed by atoms with van der Waals surface area (Å²) < 4.78 is 25.6. The largest absolute Gasteiger partial charge is 0.413 e. The van der Waals surface area contributed by atoms with Crippen LogP contribution in [0.4, 0.5) is 0 Å². The Morgan fingerprint density at radius 2 is 1.69 bits per heavy atom. The molecule has 1 aromatic rings. The summed E-state index contributed by atoms with van der Waals surface area (Å²) in [4.78, 5) is 1.59. The van der Waals surface area contributed by atoms with Crippen LogP contribution >= 0.6 is 0 Å². The minimum absolute atomic E-state index is 0.0793. The first-order chi connectivity index (χ1) is 15.3. The molecular weight excluding hydrogens is 430 g/mol. The number of hydrogen-bond donors (Lipinski definition) is 0. The predicted octanol–water partition coefficient (Wildman–Crippen LogP) is 8.23. The zero-order valence-electron chi connectivity index (χ0n) is 21.2. The summed E-state index contributed by atoms with van der Waals surface area (Å²) in [6.45, 7) is 19.2. The third kappa shape index (κ3) is 7.29. The number of rotatable bonds is 15. The second kappa shape index (κ2) is 14.0. The van der Waals surface area contributed by atoms with Crippen LogP contribution in [0.1, 0.15) is 53.9 Å². The van der Waals surface area contributed by atoms with Gasteiger partial charge in [-0.25, -0.2) is 8.57 Å². The Balaban J connectivity index is 3.60. The van der Waals surface area contributed by atoms with Crippen molar-refractivity contribution in [2.75, 3.05) is 7.05 Å². The van der Waals surface area contributed by atoms with Gasteiger partial charge in [0.1, 0.15) is 0 Å². The van der Waals surface area contributed by atoms with Crippen molar-refractivity contribution in [2.45, 2.75) is 83.0 Å². The molecule has 1 unspecified atom stereocenters. The molecule has 1 rings (SSSR count). The predicted molar refractivity (Wildman–Crippen MR) is 144 cm³/mol. The van der Waals surface area contributed by atoms with E-state index in [-0.39, 0.29) is 12.0 Å². The molecule has 0 heterocycles. The van der Waals surface area contributed by atoms with Crippen molar-refractivity contribution in [1.29, 1.82) is 0 Å². The molecule has 0 aromatic heterocycles. The Hall–Kier alpha value is -1.43. The van der Waals surface area contributed by atoms with Crippen LogP contribution in [-0.4, -0.2) is 25.7 Å². The summed E-state index contributed by atoms with van der Waals surface area (Å²) in [6.07, 6.45) is 8.48. The highest BCUT2D eigenvalue weighted by molar-refractivity contribution is 7.97. The number of benzene rings is 1. The van der Waals surface area contributed by atoms with Gasteiger partial charge in [0.05, 0.1) is 20.7 Å². The van der Waals surface area contributed by atoms with E-state index in [9.17, 15) is 4.21 Å². The van der Waals surface area contributed by atoms with E-state index in [1.54, 1.807) is 7.05 Å². The molecule has 0 fully saturated rings. The maximum atomic E-state index is 14.2. The topological polar surface area (TPSA) is 38.7 Å². The van der Waals surface area contributed by atoms with Gasteiger partial charge < -0.3 is 4.43 Å². The second-order valence-electron chi connectivity index (χ2n) is 8.73. The van der Waals surface area contributed by atoms with Gasteiger partial charge >= 0.3 is 0 Å². The van der Waals surface area contributed by atoms with Crippen molar-refractivity contribution >= 4 is 18.0 Å². The van der Waals surface area contributed by atoms with Crippen molar-refractivity contribution in [3.05, 3.63) is 66.6 Å². The van der Waals surface area contributed by atoms with Gasteiger partial charge in [0.2, 0.25) is 0 Å². The summed E-state index contributed by atoms with van der Waals surface area (Å²) >= 11 is 0. The Labute approximate surface area is 199 Å². The van der Waals surface area contributed by atoms with Gasteiger partial charge in [0, 0.05) is 17.9 Å². The fourth-order valence-corrected chi connectivity index (χ4v) is 9.15. The molecule has 0 saturated heterocycles. The third-order valence-corrected chi connectivity index (χ3v) is 13.7. The Morgan fingerprint density at radius 3 is 2.12 bits per heavy atom. The quantitative estimate of drug-likeness (QED) is 0.189. The normalized spacial score (nSPS) is 16.3. The lowest BCUT2D eigenvalue weighted by Crippen LogP contribution is -2.43. The molecule has 1 aromatic carbocycles. The monoisotopic (exact) mass is 475 g/mol. The molecule has 0 aliphatic heterocycles. The zero-order valence-corrected chi connectivity index (χ0v) is 23.0. The number of nitrogens with zero attached hydrogens (tertiary/aromatic N) is 1. The van der Waals surface area contributed by atoms with Crippen LogP contribution in [0.25, 0.3) is 0 Å². The fraction of sp³-hybridized carbons (Fsp3) is 0.556. The molecule has 0 bridgehead atoms. The summed E-state index contributed by atoms with van der Waals surface area (Å²) in [6, 6.07) is 12.9. The van der Waals surface area contributed by atoms with E-state index in [0.29, 0.717) is 12.3 Å². The van der Waals surface area contributed by atoms with Gasteiger partial charge in [-0.3, -0.25) is 0 Å². The van der Waals surface area contributed by atoms with Gasteiger partial charge in [-0.2, -0.15) is 0 Å². The van der Waals surface area contributed by atoms with Crippen LogP contribution in [0.5, 0.6) is 0 Å². The number of hydrogen-bond acceptors (Lipinski definition) is 3. The lowest BCUT2D eigenvalue weighted by molar-refractivity contribution is 0.111. The molecule has 3 atom stereocenters. The molecular formula is C27H45NO2SSi. The van der Waals surface area contributed by atoms with Crippen LogP contribution in [-0.2, 0) is 14.2 Å². The van der Waals surface area contributed by atoms with E-state index >= 15 is 0 Å². The number of allylic oxidation sites excluding steroid dienone is 3. The SMILES string of the molecule is C=CCC[C@H](O[Si](CC)(CC)CC)[C@@H](/C=C(\CC=C)S(=O)(=NC)c1ccccc1)C(C)C. The van der Waals surface area contributed by atoms with Gasteiger partial charge in [-0.05, 0) is 55.4 Å². The first-order valence-corrected chi connectivity index (χ1v) is 16.1. The van der Waals surface area contributed by atoms with E-state index in [2.05, 4.69) is 58.2 Å². The van der Waals surface area contributed by atoms with Crippen LogP contribution in [0, 0.1) is 11.8 Å². The van der Waals surface area contributed by atoms with E-state index in [1.165, 1.54) is 0 Å². The van der Waals surface area contributed by atoms with Crippen LogP contribution in [0.3, 0.4) is 0 Å². The van der Waals surface area contributed by atoms with E-state index in [4.69, 9.17) is 4.43 Å². The van der Waals surface area contributed by atoms with E-state index in [0.717, 1.165) is 40.8 Å². The molecule has 0 amide bonds. The second-order valence-corrected chi connectivity index (χ2v) is 15.9. The van der Waals surface area contributed by atoms with Gasteiger partial charge in [-0.15, -0.1) is 13.2 Å². The third-order valence-electron chi connectivity index (χ3n) is 6.59. The molecule has 32 heavy (non-hydrogen) atoms. The van der Waals surface area contributed by atoms with E-state index < -0.39 is 18.0 Å². The molecule has 0 spiro atoms. The molecule has 180 valence electrons. The Kier molecular flexibility index (Phi) is 12.5. The highest BCUT2D eigenvalue weighted by Crippen LogP contribution is 2.34. The van der Waals surface area contributed by atoms with Gasteiger partial charge in [-0.1, -0.05) is 71.0 Å². The van der Waals surface area contributed by atoms with Crippen molar-refractivity contribution in [2.24, 2.45) is 16.2 Å². The highest BCUT2D eigenvalue weighted by atomic mass is 32.2. The van der Waals surface area contributed by atoms with Gasteiger partial charge in [0.25, 0.3) is 0 Å². The summed E-state index contributed by atoms with van der Waals surface area (Å²) in [5, 5.41) is 0. The maximum absolute atomic E-state index is 14.2. The lowest BCUT2D eigenvalue weighted by atomic mass is 9.87. The zero-order chi connectivity index (χ0) is 24.2. The van der Waals surface area contributed by atoms with Crippen LogP contribution < -0.4 is 0 Å². The van der Waals surface area contributed by atoms with E-state index in [1.807, 2.05) is 42.5 Å². The molecule has 0 aliphatic carbocycles. The summed E-state index contributed by atoms with van der Waals surface area (Å²) in [5.41, 5.74) is 0. The highest BCUT2D eigenvalue weighted by Gasteiger charge is 2.35. The van der Waals surface area contributed by atoms with Crippen molar-refractivity contribution < 1.29 is 8.63 Å². The molecule has 3 nitrogen and oxygen atoms in total. The average Bonchev–Trinajstić information content (AvgIpc) is 2.82. The maximum Gasteiger partial charge on any atom is 0.192 e. The summed E-state index contributed by atoms with van der Waals surface area (Å²) in [7, 11) is -2.85. The van der Waals surface area contributed by atoms with Gasteiger partial charge in [0.15, 0.2) is 8.32 Å². The average molecular weight is 476 g/mol. The minimum Gasteiger partial charge on any atom is -0.413 e. The first kappa shape index (κ1) is 28.6. The molecule has 5 heteroatoms. The molecule has 0 saturated carbocycles. The standard InChI is InChI=1S/C27H45NO2SSi/c1-9-14-21-27(30-32(11-3,12-4)13-5)26(23(6)7)22-25(18-10-2)31(29,28-8)24-19-16-15-17-20-24/h9-10,15-17,19-20,22-23,26-27H,1-2,11-14,18,21H2,3-8H3/b25-22+/t26-,27-,31?/m0/s1. The Bertz CT molecular complexity index is 841. The smallest absolute Gasteiger partial charge is 0.192 e. The van der Waals surface area contributed by atoms with Crippen LogP contribution in [0.15, 0.2) is 75.9 Å². The van der Waals surface area contributed by atoms with Crippen molar-refractivity contribution in [1.82, 2.24) is 0 Å². The molecule has 0 N–H and O–H groups in total. The minimum atomic E-state index is -2.70. The Morgan fingerprint density at radius 1 is 1.09 bits per heavy atom. The summed E-state index contributed by atoms with van der Waals surface area (Å²) in [5.74, 6) is 0.492. The first-order valence-electron chi connectivity index (χ1n) is 12.1.